The van der Waals surface area contributed by atoms with E-state index in [4.69, 9.17) is 11.6 Å². The first-order valence-electron chi connectivity index (χ1n) is 11.4. The molecular weight excluding hydrogens is 512 g/mol. The van der Waals surface area contributed by atoms with Crippen LogP contribution in [0.3, 0.4) is 0 Å². The lowest BCUT2D eigenvalue weighted by molar-refractivity contribution is 0.262. The highest BCUT2D eigenvalue weighted by Crippen LogP contribution is 2.38. The zero-order valence-electron chi connectivity index (χ0n) is 20.7. The lowest BCUT2D eigenvalue weighted by Gasteiger charge is -2.19. The van der Waals surface area contributed by atoms with Crippen LogP contribution in [0.1, 0.15) is 18.2 Å². The van der Waals surface area contributed by atoms with Crippen LogP contribution in [0, 0.1) is 6.92 Å². The van der Waals surface area contributed by atoms with Gasteiger partial charge in [-0.3, -0.25) is 4.79 Å². The number of nitrogens with one attached hydrogen (secondary N) is 2. The molecule has 2 N–H and O–H groups in total. The first kappa shape index (κ1) is 26.1. The number of nitrogens with zero attached hydrogens (tertiary/aromatic N) is 2. The molecule has 6 nitrogen and oxygen atoms in total. The van der Waals surface area contributed by atoms with Gasteiger partial charge in [0.1, 0.15) is 10.7 Å². The van der Waals surface area contributed by atoms with Crippen molar-refractivity contribution in [3.63, 3.8) is 0 Å². The predicted octanol–water partition coefficient (Wildman–Crippen LogP) is 7.21. The summed E-state index contributed by atoms with van der Waals surface area (Å²) in [5.41, 5.74) is 4.47. The third-order valence-corrected chi connectivity index (χ3v) is 7.75. The van der Waals surface area contributed by atoms with Crippen molar-refractivity contribution >= 4 is 63.4 Å². The van der Waals surface area contributed by atoms with Gasteiger partial charge in [-0.05, 0) is 55.7 Å². The first-order chi connectivity index (χ1) is 17.3. The second kappa shape index (κ2) is 11.0. The smallest absolute Gasteiger partial charge is 0.310 e. The number of hydrogen-bond acceptors (Lipinski definition) is 5. The molecule has 0 spiro atoms. The largest absolute Gasteiger partial charge is 0.323 e. The van der Waals surface area contributed by atoms with Crippen LogP contribution in [0.15, 0.2) is 63.2 Å². The number of urea groups is 1. The fraction of sp³-hybridized carbons (Fsp3) is 0.222. The van der Waals surface area contributed by atoms with Crippen LogP contribution in [-0.2, 0) is 13.5 Å². The molecule has 0 saturated carbocycles. The Kier molecular flexibility index (Phi) is 7.97. The first-order valence-corrected chi connectivity index (χ1v) is 14.2. The van der Waals surface area contributed by atoms with Crippen molar-refractivity contribution in [3.05, 3.63) is 75.2 Å². The zero-order chi connectivity index (χ0) is 26.0. The summed E-state index contributed by atoms with van der Waals surface area (Å²) in [6, 6.07) is 14.7. The molecule has 4 rings (SSSR count). The Hall–Kier alpha value is -2.94. The van der Waals surface area contributed by atoms with Gasteiger partial charge >= 0.3 is 6.03 Å². The van der Waals surface area contributed by atoms with E-state index in [-0.39, 0.29) is 11.2 Å². The molecule has 0 aliphatic heterocycles. The summed E-state index contributed by atoms with van der Waals surface area (Å²) < 4.78 is 1.55. The summed E-state index contributed by atoms with van der Waals surface area (Å²) in [5, 5.41) is 7.83. The van der Waals surface area contributed by atoms with E-state index in [9.17, 15) is 9.59 Å². The number of fused-ring (bicyclic) bond motifs is 1. The van der Waals surface area contributed by atoms with Crippen LogP contribution < -0.4 is 16.2 Å². The van der Waals surface area contributed by atoms with Gasteiger partial charge in [-0.1, -0.05) is 42.8 Å². The molecule has 4 aromatic rings. The monoisotopic (exact) mass is 538 g/mol. The van der Waals surface area contributed by atoms with Gasteiger partial charge < -0.3 is 15.2 Å². The standard InChI is InChI=1S/C27H27ClN4O2S2/c1-6-16-11-12-20-18(14-16)22(17-9-7-8-10-19(17)28)24(26(33)32(20)3)31-27(34)30-23-21(35-4)13-15(2)29-25(23)36-5/h7-14H,6H2,1-5H3,(H2,30,31,34). The van der Waals surface area contributed by atoms with Gasteiger partial charge in [-0.25, -0.2) is 9.78 Å². The second-order valence-corrected chi connectivity index (χ2v) is 10.3. The molecule has 36 heavy (non-hydrogen) atoms. The molecule has 0 unspecified atom stereocenters. The second-order valence-electron chi connectivity index (χ2n) is 8.23. The van der Waals surface area contributed by atoms with Crippen LogP contribution in [0.5, 0.6) is 0 Å². The zero-order valence-corrected chi connectivity index (χ0v) is 23.1. The van der Waals surface area contributed by atoms with E-state index < -0.39 is 6.03 Å². The Morgan fingerprint density at radius 1 is 1.06 bits per heavy atom. The maximum absolute atomic E-state index is 13.6. The number of benzene rings is 2. The van der Waals surface area contributed by atoms with Crippen LogP contribution >= 0.6 is 35.1 Å². The molecule has 186 valence electrons. The minimum Gasteiger partial charge on any atom is -0.310 e. The fourth-order valence-electron chi connectivity index (χ4n) is 4.17. The molecular formula is C27H27ClN4O2S2. The van der Waals surface area contributed by atoms with Crippen molar-refractivity contribution < 1.29 is 4.79 Å². The highest BCUT2D eigenvalue weighted by Gasteiger charge is 2.22. The number of amides is 2. The van der Waals surface area contributed by atoms with E-state index in [1.54, 1.807) is 17.7 Å². The summed E-state index contributed by atoms with van der Waals surface area (Å²) in [7, 11) is 1.71. The maximum atomic E-state index is 13.6. The molecule has 2 aromatic carbocycles. The van der Waals surface area contributed by atoms with Crippen molar-refractivity contribution in [2.45, 2.75) is 30.2 Å². The number of thioether (sulfide) groups is 2. The Morgan fingerprint density at radius 3 is 2.44 bits per heavy atom. The van der Waals surface area contributed by atoms with E-state index in [0.717, 1.165) is 33.5 Å². The molecule has 2 amide bonds. The number of anilines is 2. The molecule has 0 fully saturated rings. The van der Waals surface area contributed by atoms with Crippen LogP contribution in [0.25, 0.3) is 22.0 Å². The summed E-state index contributed by atoms with van der Waals surface area (Å²) >= 11 is 9.58. The number of halogens is 1. The average Bonchev–Trinajstić information content (AvgIpc) is 2.88. The van der Waals surface area contributed by atoms with E-state index in [1.165, 1.54) is 23.5 Å². The van der Waals surface area contributed by atoms with Crippen molar-refractivity contribution in [2.24, 2.45) is 7.05 Å². The Bertz CT molecular complexity index is 1510. The van der Waals surface area contributed by atoms with Gasteiger partial charge in [0.05, 0.1) is 11.2 Å². The quantitative estimate of drug-likeness (QED) is 0.254. The lowest BCUT2D eigenvalue weighted by atomic mass is 9.97. The fourth-order valence-corrected chi connectivity index (χ4v) is 5.71. The maximum Gasteiger partial charge on any atom is 0.323 e. The molecule has 2 aromatic heterocycles. The van der Waals surface area contributed by atoms with Gasteiger partial charge in [0.15, 0.2) is 0 Å². The molecule has 0 atom stereocenters. The topological polar surface area (TPSA) is 76.0 Å². The minimum absolute atomic E-state index is 0.167. The molecule has 2 heterocycles. The summed E-state index contributed by atoms with van der Waals surface area (Å²) in [4.78, 5) is 32.4. The van der Waals surface area contributed by atoms with Gasteiger partial charge in [-0.2, -0.15) is 0 Å². The summed E-state index contributed by atoms with van der Waals surface area (Å²) in [6.07, 6.45) is 4.69. The van der Waals surface area contributed by atoms with Crippen molar-refractivity contribution in [1.29, 1.82) is 0 Å². The molecule has 9 heteroatoms. The predicted molar refractivity (Wildman–Crippen MR) is 154 cm³/mol. The van der Waals surface area contributed by atoms with Gasteiger partial charge in [0, 0.05) is 39.2 Å². The van der Waals surface area contributed by atoms with E-state index in [0.29, 0.717) is 26.9 Å². The number of carbonyl (C=O) groups excluding carboxylic acids is 1. The van der Waals surface area contributed by atoms with E-state index >= 15 is 0 Å². The van der Waals surface area contributed by atoms with Crippen molar-refractivity contribution in [3.8, 4) is 11.1 Å². The van der Waals surface area contributed by atoms with Gasteiger partial charge in [-0.15, -0.1) is 23.5 Å². The molecule has 0 saturated heterocycles. The number of carbonyl (C=O) groups is 1. The summed E-state index contributed by atoms with van der Waals surface area (Å²) in [6.45, 7) is 4.00. The minimum atomic E-state index is -0.525. The normalized spacial score (nSPS) is 11.1. The van der Waals surface area contributed by atoms with E-state index in [1.807, 2.05) is 55.8 Å². The number of aryl methyl sites for hydroxylation is 3. The third-order valence-electron chi connectivity index (χ3n) is 5.98. The number of hydrogen-bond donors (Lipinski definition) is 2. The molecule has 0 radical (unpaired) electrons. The number of rotatable bonds is 6. The lowest BCUT2D eigenvalue weighted by Crippen LogP contribution is -2.28. The highest BCUT2D eigenvalue weighted by molar-refractivity contribution is 7.99. The van der Waals surface area contributed by atoms with Crippen molar-refractivity contribution in [2.75, 3.05) is 23.1 Å². The number of pyridine rings is 2. The van der Waals surface area contributed by atoms with Gasteiger partial charge in [0.2, 0.25) is 0 Å². The molecule has 0 aliphatic rings. The Balaban J connectivity index is 1.90. The summed E-state index contributed by atoms with van der Waals surface area (Å²) in [5.74, 6) is 0. The highest BCUT2D eigenvalue weighted by atomic mass is 35.5. The van der Waals surface area contributed by atoms with E-state index in [2.05, 4.69) is 28.6 Å². The van der Waals surface area contributed by atoms with Crippen molar-refractivity contribution in [1.82, 2.24) is 9.55 Å². The molecule has 0 bridgehead atoms. The van der Waals surface area contributed by atoms with Crippen LogP contribution in [0.2, 0.25) is 5.02 Å². The molecule has 0 aliphatic carbocycles. The average molecular weight is 539 g/mol. The van der Waals surface area contributed by atoms with Crippen LogP contribution in [-0.4, -0.2) is 28.1 Å². The Morgan fingerprint density at radius 2 is 1.78 bits per heavy atom. The number of aromatic nitrogens is 2. The van der Waals surface area contributed by atoms with Crippen LogP contribution in [0.4, 0.5) is 16.2 Å². The van der Waals surface area contributed by atoms with Gasteiger partial charge in [0.25, 0.3) is 5.56 Å². The SMILES string of the molecule is CCc1ccc2c(c1)c(-c1ccccc1Cl)c(NC(=O)Nc1c(SC)cc(C)nc1SC)c(=O)n2C. The Labute approximate surface area is 223 Å². The third kappa shape index (κ3) is 4.98.